The maximum Gasteiger partial charge on any atom is 0.442 e. The highest BCUT2D eigenvalue weighted by Crippen LogP contribution is 2.43. The Morgan fingerprint density at radius 2 is 2.11 bits per heavy atom. The van der Waals surface area contributed by atoms with Gasteiger partial charge in [-0.3, -0.25) is 19.3 Å². The molecule has 0 radical (unpaired) electrons. The van der Waals surface area contributed by atoms with Crippen LogP contribution >= 0.6 is 35.3 Å². The van der Waals surface area contributed by atoms with Gasteiger partial charge in [-0.05, 0) is 29.5 Å². The van der Waals surface area contributed by atoms with Crippen LogP contribution in [-0.4, -0.2) is 96.3 Å². The Morgan fingerprint density at radius 3 is 2.75 bits per heavy atom. The number of aromatic nitrogens is 4. The largest absolute Gasteiger partial charge is 0.442 e. The molecule has 198 valence electrons. The van der Waals surface area contributed by atoms with Crippen molar-refractivity contribution in [2.24, 2.45) is 5.73 Å². The molecule has 0 aliphatic carbocycles. The number of hydrogen-bond donors (Lipinski definition) is 3. The van der Waals surface area contributed by atoms with Crippen LogP contribution < -0.4 is 11.1 Å². The number of H-pyrrole nitrogens is 1. The molecule has 1 aromatic heterocycles. The van der Waals surface area contributed by atoms with E-state index in [0.29, 0.717) is 5.57 Å². The number of tetrazole rings is 1. The lowest BCUT2D eigenvalue weighted by atomic mass is 10.0. The molecule has 2 aliphatic rings. The normalized spacial score (nSPS) is 20.4. The van der Waals surface area contributed by atoms with Gasteiger partial charge in [0.25, 0.3) is 5.91 Å². The average molecular weight is 572 g/mol. The van der Waals surface area contributed by atoms with Crippen molar-refractivity contribution in [1.29, 1.82) is 0 Å². The monoisotopic (exact) mass is 571 g/mol. The highest BCUT2D eigenvalue weighted by atomic mass is 32.2. The van der Waals surface area contributed by atoms with Gasteiger partial charge in [0.15, 0.2) is 0 Å². The molecule has 0 bridgehead atoms. The Labute approximate surface area is 214 Å². The topological polar surface area (TPSA) is 182 Å². The number of amides is 2. The number of nitrogens with two attached hydrogens (primary N) is 1. The molecular formula is C17H20F3N7O6S3. The first kappa shape index (κ1) is 28.1. The zero-order chi connectivity index (χ0) is 26.5. The predicted molar refractivity (Wildman–Crippen MR) is 121 cm³/mol. The van der Waals surface area contributed by atoms with Gasteiger partial charge in [0.05, 0.1) is 12.2 Å². The summed E-state index contributed by atoms with van der Waals surface area (Å²) < 4.78 is 47.0. The number of halogens is 3. The highest BCUT2D eigenvalue weighted by molar-refractivity contribution is 8.01. The van der Waals surface area contributed by atoms with Crippen LogP contribution in [0.3, 0.4) is 0 Å². The second kappa shape index (κ2) is 12.2. The van der Waals surface area contributed by atoms with Crippen LogP contribution in [0.15, 0.2) is 16.4 Å². The summed E-state index contributed by atoms with van der Waals surface area (Å²) in [6.07, 6.45) is -0.0821. The number of alkyl halides is 3. The van der Waals surface area contributed by atoms with Crippen molar-refractivity contribution < 1.29 is 41.8 Å². The SMILES string of the molecule is CC(Sc1nn[nH]n1)C1=C(C(=O)OCOC(=O)CCN)N2C(=O)C(NC(=O)CSC(F)(F)F)[C@@H]2SC1. The average Bonchev–Trinajstić information content (AvgIpc) is 3.32. The number of nitrogens with zero attached hydrogens (tertiary/aromatic N) is 4. The van der Waals surface area contributed by atoms with Crippen LogP contribution in [0.5, 0.6) is 0 Å². The molecule has 36 heavy (non-hydrogen) atoms. The molecule has 19 heteroatoms. The minimum absolute atomic E-state index is 0.0443. The Hall–Kier alpha value is -2.51. The number of carbonyl (C=O) groups is 4. The number of fused-ring (bicyclic) bond motifs is 1. The molecule has 4 N–H and O–H groups in total. The third-order valence-corrected chi connectivity index (χ3v) is 7.79. The Balaban J connectivity index is 1.75. The third kappa shape index (κ3) is 7.04. The second-order valence-electron chi connectivity index (χ2n) is 7.12. The first-order valence-corrected chi connectivity index (χ1v) is 13.0. The van der Waals surface area contributed by atoms with Crippen molar-refractivity contribution in [2.75, 3.05) is 24.8 Å². The van der Waals surface area contributed by atoms with E-state index in [1.807, 2.05) is 0 Å². The number of aromatic amines is 1. The van der Waals surface area contributed by atoms with E-state index in [1.54, 1.807) is 6.92 Å². The molecule has 3 rings (SSSR count). The van der Waals surface area contributed by atoms with Crippen LogP contribution in [0.2, 0.25) is 0 Å². The van der Waals surface area contributed by atoms with E-state index < -0.39 is 70.2 Å². The van der Waals surface area contributed by atoms with Crippen molar-refractivity contribution in [3.8, 4) is 0 Å². The number of nitrogens with one attached hydrogen (secondary N) is 2. The van der Waals surface area contributed by atoms with Gasteiger partial charge in [0.2, 0.25) is 17.9 Å². The zero-order valence-corrected chi connectivity index (χ0v) is 20.9. The quantitative estimate of drug-likeness (QED) is 0.140. The van der Waals surface area contributed by atoms with E-state index in [2.05, 4.69) is 25.9 Å². The first-order valence-electron chi connectivity index (χ1n) is 10.1. The summed E-state index contributed by atoms with van der Waals surface area (Å²) >= 11 is 1.84. The van der Waals surface area contributed by atoms with Gasteiger partial charge in [0, 0.05) is 17.5 Å². The molecule has 2 unspecified atom stereocenters. The van der Waals surface area contributed by atoms with Crippen molar-refractivity contribution in [1.82, 2.24) is 30.8 Å². The maximum absolute atomic E-state index is 13.0. The fraction of sp³-hybridized carbons (Fsp3) is 0.588. The molecule has 1 fully saturated rings. The molecule has 2 aliphatic heterocycles. The lowest BCUT2D eigenvalue weighted by Gasteiger charge is -2.50. The summed E-state index contributed by atoms with van der Waals surface area (Å²) in [4.78, 5) is 50.4. The zero-order valence-electron chi connectivity index (χ0n) is 18.4. The van der Waals surface area contributed by atoms with Crippen molar-refractivity contribution in [3.63, 3.8) is 0 Å². The minimum Gasteiger partial charge on any atom is -0.428 e. The van der Waals surface area contributed by atoms with E-state index in [-0.39, 0.29) is 29.6 Å². The summed E-state index contributed by atoms with van der Waals surface area (Å²) in [6.45, 7) is 1.07. The van der Waals surface area contributed by atoms with E-state index in [9.17, 15) is 32.3 Å². The van der Waals surface area contributed by atoms with Crippen LogP contribution in [0.1, 0.15) is 13.3 Å². The fourth-order valence-corrected chi connectivity index (χ4v) is 5.94. The summed E-state index contributed by atoms with van der Waals surface area (Å²) in [5.74, 6) is -3.99. The molecule has 0 saturated carbocycles. The molecule has 1 aromatic rings. The Morgan fingerprint density at radius 1 is 1.36 bits per heavy atom. The summed E-state index contributed by atoms with van der Waals surface area (Å²) in [5.41, 5.74) is 1.03. The molecule has 3 atom stereocenters. The predicted octanol–water partition coefficient (Wildman–Crippen LogP) is -0.0200. The highest BCUT2D eigenvalue weighted by Gasteiger charge is 2.55. The van der Waals surface area contributed by atoms with Gasteiger partial charge in [-0.2, -0.15) is 18.4 Å². The van der Waals surface area contributed by atoms with Gasteiger partial charge in [-0.1, -0.05) is 11.8 Å². The van der Waals surface area contributed by atoms with E-state index in [0.717, 1.165) is 16.7 Å². The minimum atomic E-state index is -4.60. The fourth-order valence-electron chi connectivity index (χ4n) is 3.14. The molecule has 3 heterocycles. The number of thioether (sulfide) groups is 3. The smallest absolute Gasteiger partial charge is 0.428 e. The van der Waals surface area contributed by atoms with Crippen LogP contribution in [0.4, 0.5) is 13.2 Å². The maximum atomic E-state index is 13.0. The third-order valence-electron chi connectivity index (χ3n) is 4.73. The van der Waals surface area contributed by atoms with Gasteiger partial charge >= 0.3 is 17.4 Å². The molecule has 13 nitrogen and oxygen atoms in total. The molecule has 0 spiro atoms. The Bertz CT molecular complexity index is 1030. The van der Waals surface area contributed by atoms with Crippen molar-refractivity contribution in [2.45, 2.75) is 40.7 Å². The van der Waals surface area contributed by atoms with Gasteiger partial charge in [-0.15, -0.1) is 22.0 Å². The van der Waals surface area contributed by atoms with Crippen LogP contribution in [0, 0.1) is 0 Å². The lowest BCUT2D eigenvalue weighted by molar-refractivity contribution is -0.168. The van der Waals surface area contributed by atoms with Gasteiger partial charge < -0.3 is 20.5 Å². The number of carbonyl (C=O) groups excluding carboxylic acids is 4. The van der Waals surface area contributed by atoms with E-state index in [1.165, 1.54) is 11.8 Å². The molecule has 0 aromatic carbocycles. The lowest BCUT2D eigenvalue weighted by Crippen LogP contribution is -2.71. The summed E-state index contributed by atoms with van der Waals surface area (Å²) in [7, 11) is 0. The van der Waals surface area contributed by atoms with Gasteiger partial charge in [0.1, 0.15) is 17.1 Å². The second-order valence-corrected chi connectivity index (χ2v) is 10.6. The number of β-lactam (4-membered cyclic amide) rings is 1. The summed E-state index contributed by atoms with van der Waals surface area (Å²) in [5, 5.41) is 14.8. The van der Waals surface area contributed by atoms with Crippen LogP contribution in [0.25, 0.3) is 0 Å². The molecule has 1 saturated heterocycles. The molecule has 2 amide bonds. The molecular weight excluding hydrogens is 551 g/mol. The summed E-state index contributed by atoms with van der Waals surface area (Å²) in [6, 6.07) is -1.12. The number of rotatable bonds is 11. The van der Waals surface area contributed by atoms with E-state index in [4.69, 9.17) is 15.2 Å². The standard InChI is InChI=1S/C17H20F3N7O6S3/c1-7(36-16-23-25-26-24-16)8-4-34-14-11(22-9(28)5-35-17(18,19)20)13(30)27(14)12(8)15(31)33-6-32-10(29)2-3-21/h7,11,14H,2-6,21H2,1H3,(H,22,28)(H,23,24,25,26)/t7?,11?,14-/m0/s1. The van der Waals surface area contributed by atoms with Crippen molar-refractivity contribution >= 4 is 59.0 Å². The Kier molecular flexibility index (Phi) is 9.47. The van der Waals surface area contributed by atoms with E-state index >= 15 is 0 Å². The first-order chi connectivity index (χ1) is 17.0. The number of esters is 2. The van der Waals surface area contributed by atoms with Gasteiger partial charge in [-0.25, -0.2) is 4.79 Å². The number of ether oxygens (including phenoxy) is 2. The van der Waals surface area contributed by atoms with Crippen LogP contribution in [-0.2, 0) is 28.7 Å². The van der Waals surface area contributed by atoms with Crippen molar-refractivity contribution in [3.05, 3.63) is 11.3 Å². The number of hydrogen-bond acceptors (Lipinski definition) is 13.